The number of hydrogen-bond donors (Lipinski definition) is 1. The van der Waals surface area contributed by atoms with E-state index in [0.29, 0.717) is 12.1 Å². The van der Waals surface area contributed by atoms with Gasteiger partial charge >= 0.3 is 18.3 Å². The summed E-state index contributed by atoms with van der Waals surface area (Å²) < 4.78 is 86.6. The van der Waals surface area contributed by atoms with Crippen molar-refractivity contribution in [2.24, 2.45) is 5.16 Å². The lowest BCUT2D eigenvalue weighted by Gasteiger charge is -2.29. The molecule has 5 nitrogen and oxygen atoms in total. The molecule has 1 N–H and O–H groups in total. The topological polar surface area (TPSA) is 59.9 Å². The molecule has 1 aliphatic rings. The van der Waals surface area contributed by atoms with Crippen molar-refractivity contribution in [3.63, 3.8) is 0 Å². The van der Waals surface area contributed by atoms with Gasteiger partial charge < -0.3 is 14.9 Å². The molecule has 0 bridgehead atoms. The van der Waals surface area contributed by atoms with E-state index >= 15 is 0 Å². The first-order chi connectivity index (χ1) is 15.5. The van der Waals surface area contributed by atoms with Crippen molar-refractivity contribution in [1.29, 1.82) is 0 Å². The maximum absolute atomic E-state index is 14.0. The molecule has 3 rings (SSSR count). The van der Waals surface area contributed by atoms with E-state index in [-0.39, 0.29) is 22.1 Å². The van der Waals surface area contributed by atoms with Gasteiger partial charge in [-0.15, -0.1) is 0 Å². The van der Waals surface area contributed by atoms with Gasteiger partial charge in [-0.05, 0) is 51.1 Å². The molecule has 0 radical (unpaired) electrons. The van der Waals surface area contributed by atoms with Crippen LogP contribution in [0.4, 0.5) is 32.0 Å². The molecule has 0 saturated heterocycles. The van der Waals surface area contributed by atoms with Gasteiger partial charge in [0.25, 0.3) is 5.60 Å². The van der Waals surface area contributed by atoms with Gasteiger partial charge in [0.1, 0.15) is 5.60 Å². The normalized spacial score (nSPS) is 18.8. The van der Waals surface area contributed by atoms with E-state index < -0.39 is 47.1 Å². The summed E-state index contributed by atoms with van der Waals surface area (Å²) in [4.78, 5) is 17.1. The molecular formula is C22H19ClF6N2O3. The Morgan fingerprint density at radius 1 is 1.09 bits per heavy atom. The molecule has 0 spiro atoms. The van der Waals surface area contributed by atoms with Crippen molar-refractivity contribution in [2.45, 2.75) is 50.7 Å². The molecule has 1 atom stereocenters. The van der Waals surface area contributed by atoms with Crippen LogP contribution in [0.15, 0.2) is 47.6 Å². The second-order valence-electron chi connectivity index (χ2n) is 8.53. The number of alkyl halides is 6. The van der Waals surface area contributed by atoms with E-state index in [0.717, 1.165) is 12.1 Å². The summed E-state index contributed by atoms with van der Waals surface area (Å²) in [5.41, 5.74) is -5.84. The number of amidine groups is 1. The zero-order valence-electron chi connectivity index (χ0n) is 18.1. The van der Waals surface area contributed by atoms with Crippen LogP contribution in [0.5, 0.6) is 0 Å². The van der Waals surface area contributed by atoms with E-state index in [4.69, 9.17) is 21.2 Å². The Kier molecular flexibility index (Phi) is 6.55. The highest BCUT2D eigenvalue weighted by molar-refractivity contribution is 6.33. The molecule has 0 fully saturated rings. The Labute approximate surface area is 195 Å². The molecule has 184 valence electrons. The fourth-order valence-corrected chi connectivity index (χ4v) is 3.37. The molecule has 2 aromatic rings. The quantitative estimate of drug-likeness (QED) is 0.361. The summed E-state index contributed by atoms with van der Waals surface area (Å²) in [7, 11) is 0. The van der Waals surface area contributed by atoms with Gasteiger partial charge in [-0.2, -0.15) is 26.3 Å². The molecule has 2 aromatic carbocycles. The first kappa shape index (κ1) is 25.7. The summed E-state index contributed by atoms with van der Waals surface area (Å²) >= 11 is 6.05. The number of hydrogen-bond acceptors (Lipinski definition) is 5. The van der Waals surface area contributed by atoms with E-state index in [1.54, 1.807) is 20.8 Å². The number of nitrogens with zero attached hydrogens (tertiary/aromatic N) is 1. The maximum Gasteiger partial charge on any atom is 0.435 e. The van der Waals surface area contributed by atoms with Gasteiger partial charge in [0.2, 0.25) is 0 Å². The average molecular weight is 509 g/mol. The van der Waals surface area contributed by atoms with Gasteiger partial charge in [0, 0.05) is 11.3 Å². The van der Waals surface area contributed by atoms with Crippen molar-refractivity contribution in [3.8, 4) is 0 Å². The van der Waals surface area contributed by atoms with Crippen molar-refractivity contribution >= 4 is 29.1 Å². The van der Waals surface area contributed by atoms with Crippen LogP contribution in [0.25, 0.3) is 0 Å². The molecule has 0 aromatic heterocycles. The van der Waals surface area contributed by atoms with Crippen LogP contribution in [0.3, 0.4) is 0 Å². The van der Waals surface area contributed by atoms with Crippen LogP contribution in [-0.4, -0.2) is 23.6 Å². The number of benzene rings is 2. The van der Waals surface area contributed by atoms with Crippen molar-refractivity contribution in [3.05, 3.63) is 64.2 Å². The van der Waals surface area contributed by atoms with Gasteiger partial charge in [-0.25, -0.2) is 4.79 Å². The Bertz CT molecular complexity index is 1120. The maximum atomic E-state index is 14.0. The molecule has 12 heteroatoms. The zero-order valence-corrected chi connectivity index (χ0v) is 18.8. The predicted octanol–water partition coefficient (Wildman–Crippen LogP) is 6.92. The Balaban J connectivity index is 1.88. The summed E-state index contributed by atoms with van der Waals surface area (Å²) in [6.45, 7) is 4.95. The number of esters is 1. The lowest BCUT2D eigenvalue weighted by atomic mass is 9.88. The van der Waals surface area contributed by atoms with E-state index in [2.05, 4.69) is 10.5 Å². The Morgan fingerprint density at radius 3 is 2.35 bits per heavy atom. The number of anilines is 1. The number of nitrogens with one attached hydrogen (secondary N) is 1. The molecule has 0 aliphatic carbocycles. The molecular weight excluding hydrogens is 490 g/mol. The van der Waals surface area contributed by atoms with Crippen molar-refractivity contribution < 1.29 is 40.7 Å². The first-order valence-electron chi connectivity index (χ1n) is 9.81. The standard InChI is InChI=1S/C22H19ClF6N2O3/c1-19(2,3)33-18(32)15-10-14(7-8-16(15)23)30-17-11-20(34-31-17,22(27,28)29)12-5-4-6-13(9-12)21(24,25)26/h4-10H,11H2,1-3H3,(H,30,31). The predicted molar refractivity (Wildman–Crippen MR) is 113 cm³/mol. The summed E-state index contributed by atoms with van der Waals surface area (Å²) in [5.74, 6) is -1.06. The SMILES string of the molecule is CC(C)(C)OC(=O)c1cc(NC2=NOC(c3cccc(C(F)(F)F)c3)(C(F)(F)F)C2)ccc1Cl. The third-order valence-corrected chi connectivity index (χ3v) is 5.05. The van der Waals surface area contributed by atoms with Gasteiger partial charge in [0.15, 0.2) is 5.84 Å². The van der Waals surface area contributed by atoms with Crippen LogP contribution in [0.2, 0.25) is 5.02 Å². The summed E-state index contributed by atoms with van der Waals surface area (Å²) in [6, 6.07) is 6.79. The summed E-state index contributed by atoms with van der Waals surface area (Å²) in [6.07, 6.45) is -10.9. The molecule has 0 saturated carbocycles. The molecule has 1 aliphatic heterocycles. The van der Waals surface area contributed by atoms with Crippen molar-refractivity contribution in [2.75, 3.05) is 5.32 Å². The molecule has 1 unspecified atom stereocenters. The lowest BCUT2D eigenvalue weighted by molar-refractivity contribution is -0.276. The third kappa shape index (κ3) is 5.40. The minimum atomic E-state index is -5.09. The second-order valence-corrected chi connectivity index (χ2v) is 8.94. The number of carbonyl (C=O) groups excluding carboxylic acids is 1. The smallest absolute Gasteiger partial charge is 0.435 e. The summed E-state index contributed by atoms with van der Waals surface area (Å²) in [5, 5.41) is 6.09. The largest absolute Gasteiger partial charge is 0.456 e. The molecule has 0 amide bonds. The second kappa shape index (κ2) is 8.68. The highest BCUT2D eigenvalue weighted by Gasteiger charge is 2.62. The highest BCUT2D eigenvalue weighted by Crippen LogP contribution is 2.49. The van der Waals surface area contributed by atoms with Crippen LogP contribution in [-0.2, 0) is 21.4 Å². The number of halogens is 7. The van der Waals surface area contributed by atoms with Crippen LogP contribution >= 0.6 is 11.6 Å². The van der Waals surface area contributed by atoms with Crippen LogP contribution < -0.4 is 5.32 Å². The molecule has 34 heavy (non-hydrogen) atoms. The number of rotatable bonds is 3. The monoisotopic (exact) mass is 508 g/mol. The third-order valence-electron chi connectivity index (χ3n) is 4.72. The fraction of sp³-hybridized carbons (Fsp3) is 0.364. The fourth-order valence-electron chi connectivity index (χ4n) is 3.18. The zero-order chi connectivity index (χ0) is 25.5. The minimum absolute atomic E-state index is 0.0407. The average Bonchev–Trinajstić information content (AvgIpc) is 3.13. The highest BCUT2D eigenvalue weighted by atomic mass is 35.5. The number of ether oxygens (including phenoxy) is 1. The van der Waals surface area contributed by atoms with Gasteiger partial charge in [-0.1, -0.05) is 28.9 Å². The van der Waals surface area contributed by atoms with Crippen LogP contribution in [0, 0.1) is 0 Å². The first-order valence-corrected chi connectivity index (χ1v) is 10.2. The number of carbonyl (C=O) groups is 1. The van der Waals surface area contributed by atoms with Gasteiger partial charge in [-0.3, -0.25) is 0 Å². The van der Waals surface area contributed by atoms with E-state index in [1.807, 2.05) is 0 Å². The Hall–Kier alpha value is -2.95. The number of oxime groups is 1. The Morgan fingerprint density at radius 2 is 1.76 bits per heavy atom. The van der Waals surface area contributed by atoms with E-state index in [9.17, 15) is 31.1 Å². The molecule has 1 heterocycles. The minimum Gasteiger partial charge on any atom is -0.456 e. The van der Waals surface area contributed by atoms with Crippen molar-refractivity contribution in [1.82, 2.24) is 0 Å². The van der Waals surface area contributed by atoms with Gasteiger partial charge in [0.05, 0.1) is 22.6 Å². The van der Waals surface area contributed by atoms with Crippen LogP contribution in [0.1, 0.15) is 48.7 Å². The lowest BCUT2D eigenvalue weighted by Crippen LogP contribution is -2.43. The van der Waals surface area contributed by atoms with E-state index in [1.165, 1.54) is 18.2 Å².